The molecule has 1 aliphatic heterocycles. The highest BCUT2D eigenvalue weighted by molar-refractivity contribution is 5.14. The van der Waals surface area contributed by atoms with E-state index in [1.165, 1.54) is 24.8 Å². The molecule has 4 heteroatoms. The van der Waals surface area contributed by atoms with Gasteiger partial charge in [-0.15, -0.1) is 0 Å². The number of piperidine rings is 1. The summed E-state index contributed by atoms with van der Waals surface area (Å²) >= 11 is 0. The molecule has 0 aromatic carbocycles. The van der Waals surface area contributed by atoms with Crippen molar-refractivity contribution in [3.63, 3.8) is 0 Å². The standard InChI is InChI=1S/C14H26N4/c1-4-13(15)14(12-9-16-17(3)10-12)18-8-6-5-7-11(18)2/h9-11,13-14H,4-8,15H2,1-3H3. The van der Waals surface area contributed by atoms with Crippen LogP contribution in [-0.4, -0.2) is 33.3 Å². The molecule has 0 radical (unpaired) electrons. The summed E-state index contributed by atoms with van der Waals surface area (Å²) in [7, 11) is 1.97. The molecule has 3 atom stereocenters. The number of hydrogen-bond acceptors (Lipinski definition) is 3. The predicted octanol–water partition coefficient (Wildman–Crippen LogP) is 2.07. The van der Waals surface area contributed by atoms with Crippen LogP contribution in [0.3, 0.4) is 0 Å². The van der Waals surface area contributed by atoms with Crippen LogP contribution in [0.2, 0.25) is 0 Å². The zero-order valence-electron chi connectivity index (χ0n) is 11.8. The average molecular weight is 250 g/mol. The second-order valence-electron chi connectivity index (χ2n) is 5.55. The van der Waals surface area contributed by atoms with Crippen LogP contribution in [0.4, 0.5) is 0 Å². The Morgan fingerprint density at radius 2 is 2.28 bits per heavy atom. The Morgan fingerprint density at radius 1 is 1.50 bits per heavy atom. The molecular formula is C14H26N4. The molecule has 3 unspecified atom stereocenters. The Kier molecular flexibility index (Phi) is 4.40. The molecule has 1 aromatic rings. The molecule has 1 fully saturated rings. The monoisotopic (exact) mass is 250 g/mol. The van der Waals surface area contributed by atoms with Crippen molar-refractivity contribution in [2.24, 2.45) is 12.8 Å². The molecule has 0 spiro atoms. The van der Waals surface area contributed by atoms with Crippen molar-refractivity contribution in [1.82, 2.24) is 14.7 Å². The molecule has 1 saturated heterocycles. The fourth-order valence-electron chi connectivity index (χ4n) is 3.03. The molecule has 2 N–H and O–H groups in total. The maximum atomic E-state index is 6.37. The lowest BCUT2D eigenvalue weighted by Gasteiger charge is -2.41. The van der Waals surface area contributed by atoms with Crippen molar-refractivity contribution in [2.45, 2.75) is 57.7 Å². The van der Waals surface area contributed by atoms with Crippen LogP contribution in [0.5, 0.6) is 0 Å². The largest absolute Gasteiger partial charge is 0.326 e. The van der Waals surface area contributed by atoms with Gasteiger partial charge in [0.05, 0.1) is 12.2 Å². The number of aryl methyl sites for hydroxylation is 1. The SMILES string of the molecule is CCC(N)C(c1cnn(C)c1)N1CCCCC1C. The van der Waals surface area contributed by atoms with Crippen molar-refractivity contribution in [1.29, 1.82) is 0 Å². The van der Waals surface area contributed by atoms with Gasteiger partial charge in [0, 0.05) is 30.9 Å². The van der Waals surface area contributed by atoms with Crippen LogP contribution in [0.1, 0.15) is 51.1 Å². The highest BCUT2D eigenvalue weighted by Gasteiger charge is 2.31. The predicted molar refractivity (Wildman–Crippen MR) is 74.2 cm³/mol. The summed E-state index contributed by atoms with van der Waals surface area (Å²) in [6, 6.07) is 1.13. The second kappa shape index (κ2) is 5.85. The summed E-state index contributed by atoms with van der Waals surface area (Å²) in [6.45, 7) is 5.65. The zero-order valence-corrected chi connectivity index (χ0v) is 11.8. The molecule has 0 aliphatic carbocycles. The maximum Gasteiger partial charge on any atom is 0.0538 e. The number of nitrogens with two attached hydrogens (primary N) is 1. The van der Waals surface area contributed by atoms with Gasteiger partial charge in [0.15, 0.2) is 0 Å². The third-order valence-corrected chi connectivity index (χ3v) is 4.15. The molecule has 1 aliphatic rings. The lowest BCUT2D eigenvalue weighted by molar-refractivity contribution is 0.0880. The van der Waals surface area contributed by atoms with E-state index in [0.717, 1.165) is 13.0 Å². The van der Waals surface area contributed by atoms with Crippen LogP contribution < -0.4 is 5.73 Å². The van der Waals surface area contributed by atoms with E-state index in [9.17, 15) is 0 Å². The summed E-state index contributed by atoms with van der Waals surface area (Å²) in [5.74, 6) is 0. The van der Waals surface area contributed by atoms with Gasteiger partial charge in [-0.25, -0.2) is 0 Å². The van der Waals surface area contributed by atoms with E-state index in [1.54, 1.807) is 0 Å². The number of nitrogens with zero attached hydrogens (tertiary/aromatic N) is 3. The Hall–Kier alpha value is -0.870. The van der Waals surface area contributed by atoms with E-state index < -0.39 is 0 Å². The third-order valence-electron chi connectivity index (χ3n) is 4.15. The quantitative estimate of drug-likeness (QED) is 0.890. The Bertz CT molecular complexity index is 374. The van der Waals surface area contributed by atoms with Gasteiger partial charge >= 0.3 is 0 Å². The first-order chi connectivity index (χ1) is 8.63. The smallest absolute Gasteiger partial charge is 0.0538 e. The molecule has 0 amide bonds. The molecule has 1 aromatic heterocycles. The first-order valence-electron chi connectivity index (χ1n) is 7.13. The fraction of sp³-hybridized carbons (Fsp3) is 0.786. The van der Waals surface area contributed by atoms with Crippen LogP contribution in [0.25, 0.3) is 0 Å². The van der Waals surface area contributed by atoms with E-state index in [4.69, 9.17) is 5.73 Å². The minimum atomic E-state index is 0.190. The average Bonchev–Trinajstić information content (AvgIpc) is 2.78. The van der Waals surface area contributed by atoms with Gasteiger partial charge in [-0.05, 0) is 32.7 Å². The van der Waals surface area contributed by atoms with Gasteiger partial charge in [-0.3, -0.25) is 9.58 Å². The van der Waals surface area contributed by atoms with Crippen LogP contribution in [0.15, 0.2) is 12.4 Å². The molecular weight excluding hydrogens is 224 g/mol. The summed E-state index contributed by atoms with van der Waals surface area (Å²) in [5, 5.41) is 4.31. The number of likely N-dealkylation sites (tertiary alicyclic amines) is 1. The summed E-state index contributed by atoms with van der Waals surface area (Å²) in [6.07, 6.45) is 9.01. The van der Waals surface area contributed by atoms with E-state index in [-0.39, 0.29) is 6.04 Å². The van der Waals surface area contributed by atoms with Gasteiger partial charge in [0.25, 0.3) is 0 Å². The van der Waals surface area contributed by atoms with Gasteiger partial charge in [0.2, 0.25) is 0 Å². The normalized spacial score (nSPS) is 25.0. The molecule has 4 nitrogen and oxygen atoms in total. The fourth-order valence-corrected chi connectivity index (χ4v) is 3.03. The molecule has 2 heterocycles. The Morgan fingerprint density at radius 3 is 2.83 bits per heavy atom. The molecule has 18 heavy (non-hydrogen) atoms. The minimum absolute atomic E-state index is 0.190. The first kappa shape index (κ1) is 13.6. The van der Waals surface area contributed by atoms with E-state index >= 15 is 0 Å². The number of rotatable bonds is 4. The van der Waals surface area contributed by atoms with Gasteiger partial charge < -0.3 is 5.73 Å². The van der Waals surface area contributed by atoms with Gasteiger partial charge in [-0.2, -0.15) is 5.10 Å². The lowest BCUT2D eigenvalue weighted by atomic mass is 9.93. The van der Waals surface area contributed by atoms with Crippen LogP contribution in [-0.2, 0) is 7.05 Å². The van der Waals surface area contributed by atoms with Crippen molar-refractivity contribution < 1.29 is 0 Å². The highest BCUT2D eigenvalue weighted by atomic mass is 15.3. The molecule has 0 bridgehead atoms. The summed E-state index contributed by atoms with van der Waals surface area (Å²) < 4.78 is 1.87. The number of hydrogen-bond donors (Lipinski definition) is 1. The summed E-state index contributed by atoms with van der Waals surface area (Å²) in [5.41, 5.74) is 7.64. The topological polar surface area (TPSA) is 47.1 Å². The molecule has 102 valence electrons. The van der Waals surface area contributed by atoms with Crippen molar-refractivity contribution in [3.05, 3.63) is 18.0 Å². The zero-order chi connectivity index (χ0) is 13.1. The minimum Gasteiger partial charge on any atom is -0.326 e. The Balaban J connectivity index is 2.24. The molecule has 2 rings (SSSR count). The number of aromatic nitrogens is 2. The first-order valence-corrected chi connectivity index (χ1v) is 7.13. The highest BCUT2D eigenvalue weighted by Crippen LogP contribution is 2.31. The summed E-state index contributed by atoms with van der Waals surface area (Å²) in [4.78, 5) is 2.58. The molecule has 0 saturated carbocycles. The van der Waals surface area contributed by atoms with Crippen molar-refractivity contribution in [2.75, 3.05) is 6.54 Å². The second-order valence-corrected chi connectivity index (χ2v) is 5.55. The van der Waals surface area contributed by atoms with E-state index in [2.05, 4.69) is 30.0 Å². The van der Waals surface area contributed by atoms with Gasteiger partial charge in [0.1, 0.15) is 0 Å². The van der Waals surface area contributed by atoms with E-state index in [0.29, 0.717) is 12.1 Å². The maximum absolute atomic E-state index is 6.37. The van der Waals surface area contributed by atoms with Crippen molar-refractivity contribution >= 4 is 0 Å². The lowest BCUT2D eigenvalue weighted by Crippen LogP contribution is -2.47. The van der Waals surface area contributed by atoms with Crippen molar-refractivity contribution in [3.8, 4) is 0 Å². The van der Waals surface area contributed by atoms with Crippen LogP contribution >= 0.6 is 0 Å². The Labute approximate surface area is 110 Å². The van der Waals surface area contributed by atoms with E-state index in [1.807, 2.05) is 17.9 Å². The van der Waals surface area contributed by atoms with Crippen LogP contribution in [0, 0.1) is 0 Å². The van der Waals surface area contributed by atoms with Gasteiger partial charge in [-0.1, -0.05) is 13.3 Å². The third kappa shape index (κ3) is 2.75.